The van der Waals surface area contributed by atoms with Gasteiger partial charge in [0.2, 0.25) is 0 Å². The summed E-state index contributed by atoms with van der Waals surface area (Å²) in [7, 11) is 1.03. The fourth-order valence-electron chi connectivity index (χ4n) is 3.16. The van der Waals surface area contributed by atoms with Crippen LogP contribution >= 0.6 is 0 Å². The Morgan fingerprint density at radius 1 is 1.12 bits per heavy atom. The molecule has 0 spiro atoms. The molecular weight excluding hydrogens is 366 g/mol. The first-order chi connectivity index (χ1) is 12.1. The molecule has 1 saturated heterocycles. The number of hydrogen-bond acceptors (Lipinski definition) is 4. The van der Waals surface area contributed by atoms with Gasteiger partial charge in [-0.15, -0.1) is 0 Å². The number of benzene rings is 1. The van der Waals surface area contributed by atoms with Crippen LogP contribution in [0.25, 0.3) is 0 Å². The van der Waals surface area contributed by atoms with Crippen molar-refractivity contribution in [3.05, 3.63) is 28.8 Å². The fourth-order valence-corrected chi connectivity index (χ4v) is 3.16. The van der Waals surface area contributed by atoms with Gasteiger partial charge in [0.15, 0.2) is 0 Å². The third kappa shape index (κ3) is 4.60. The van der Waals surface area contributed by atoms with Gasteiger partial charge in [0.05, 0.1) is 18.2 Å². The number of ether oxygens (including phenoxy) is 1. The fraction of sp³-hybridized carbons (Fsp3) is 0.625. The van der Waals surface area contributed by atoms with Crippen molar-refractivity contribution in [3.8, 4) is 5.75 Å². The van der Waals surface area contributed by atoms with E-state index >= 15 is 0 Å². The molecule has 4 nitrogen and oxygen atoms in total. The largest absolute Gasteiger partial charge is 0.496 e. The molecule has 0 saturated carbocycles. The second kappa shape index (κ2) is 8.01. The lowest BCUT2D eigenvalue weighted by Gasteiger charge is -2.37. The quantitative estimate of drug-likeness (QED) is 0.764. The van der Waals surface area contributed by atoms with E-state index in [1.165, 1.54) is 0 Å². The van der Waals surface area contributed by atoms with Gasteiger partial charge in [-0.25, -0.2) is 0 Å². The molecule has 148 valence electrons. The Hall–Kier alpha value is -1.52. The zero-order valence-electron chi connectivity index (χ0n) is 14.0. The minimum absolute atomic E-state index is 0.0508. The van der Waals surface area contributed by atoms with Crippen LogP contribution in [0.1, 0.15) is 29.2 Å². The number of aliphatic hydroxyl groups excluding tert-OH is 1. The molecule has 0 aliphatic carbocycles. The summed E-state index contributed by atoms with van der Waals surface area (Å²) in [6, 6.07) is -0.211. The first-order valence-corrected chi connectivity index (χ1v) is 8.01. The van der Waals surface area contributed by atoms with Crippen LogP contribution in [-0.2, 0) is 12.4 Å². The second-order valence-corrected chi connectivity index (χ2v) is 5.95. The first-order valence-electron chi connectivity index (χ1n) is 8.01. The minimum atomic E-state index is -4.99. The Kier molecular flexibility index (Phi) is 6.41. The summed E-state index contributed by atoms with van der Waals surface area (Å²) in [4.78, 5) is 1.72. The van der Waals surface area contributed by atoms with Gasteiger partial charge >= 0.3 is 12.4 Å². The highest BCUT2D eigenvalue weighted by atomic mass is 19.4. The third-order valence-electron chi connectivity index (χ3n) is 4.32. The average Bonchev–Trinajstić information content (AvgIpc) is 2.57. The number of nitrogens with zero attached hydrogens (tertiary/aromatic N) is 1. The lowest BCUT2D eigenvalue weighted by Crippen LogP contribution is -2.45. The Balaban J connectivity index is 2.66. The van der Waals surface area contributed by atoms with E-state index in [2.05, 4.69) is 5.32 Å². The molecular formula is C16H20F6N2O2. The monoisotopic (exact) mass is 386 g/mol. The van der Waals surface area contributed by atoms with Crippen LogP contribution in [0.5, 0.6) is 5.75 Å². The van der Waals surface area contributed by atoms with E-state index in [0.29, 0.717) is 32.2 Å². The molecule has 26 heavy (non-hydrogen) atoms. The van der Waals surface area contributed by atoms with Crippen molar-refractivity contribution in [1.29, 1.82) is 0 Å². The molecule has 10 heteroatoms. The predicted octanol–water partition coefficient (Wildman–Crippen LogP) is 3.06. The van der Waals surface area contributed by atoms with E-state index in [4.69, 9.17) is 4.74 Å². The van der Waals surface area contributed by atoms with Crippen LogP contribution in [-0.4, -0.2) is 49.9 Å². The predicted molar refractivity (Wildman–Crippen MR) is 81.9 cm³/mol. The molecule has 1 aromatic rings. The van der Waals surface area contributed by atoms with Crippen molar-refractivity contribution in [2.75, 3.05) is 39.9 Å². The number of nitrogens with one attached hydrogen (secondary N) is 1. The normalized spacial score (nSPS) is 18.0. The molecule has 1 aliphatic heterocycles. The van der Waals surface area contributed by atoms with Gasteiger partial charge in [-0.1, -0.05) is 0 Å². The summed E-state index contributed by atoms with van der Waals surface area (Å²) in [5, 5.41) is 12.4. The van der Waals surface area contributed by atoms with Crippen LogP contribution in [0.15, 0.2) is 12.1 Å². The Labute approximate surface area is 146 Å². The third-order valence-corrected chi connectivity index (χ3v) is 4.32. The smallest absolute Gasteiger partial charge is 0.416 e. The zero-order valence-corrected chi connectivity index (χ0v) is 14.0. The molecule has 2 N–H and O–H groups in total. The molecule has 0 amide bonds. The maximum atomic E-state index is 13.6. The van der Waals surface area contributed by atoms with Crippen LogP contribution in [0.3, 0.4) is 0 Å². The van der Waals surface area contributed by atoms with Crippen molar-refractivity contribution < 1.29 is 36.2 Å². The van der Waals surface area contributed by atoms with Gasteiger partial charge in [-0.3, -0.25) is 4.90 Å². The van der Waals surface area contributed by atoms with Crippen molar-refractivity contribution >= 4 is 0 Å². The number of rotatable bonds is 5. The number of alkyl halides is 6. The Morgan fingerprint density at radius 3 is 2.19 bits per heavy atom. The number of piperazine rings is 1. The lowest BCUT2D eigenvalue weighted by molar-refractivity contribution is -0.144. The lowest BCUT2D eigenvalue weighted by atomic mass is 9.92. The Bertz CT molecular complexity index is 612. The van der Waals surface area contributed by atoms with Gasteiger partial charge in [-0.05, 0) is 18.6 Å². The molecule has 0 radical (unpaired) electrons. The average molecular weight is 386 g/mol. The van der Waals surface area contributed by atoms with Crippen LogP contribution in [0.4, 0.5) is 26.3 Å². The van der Waals surface area contributed by atoms with E-state index in [9.17, 15) is 31.4 Å². The number of aliphatic hydroxyl groups is 1. The van der Waals surface area contributed by atoms with E-state index < -0.39 is 41.9 Å². The van der Waals surface area contributed by atoms with Crippen molar-refractivity contribution in [2.45, 2.75) is 24.8 Å². The summed E-state index contributed by atoms with van der Waals surface area (Å²) in [5.74, 6) is -0.482. The van der Waals surface area contributed by atoms with Crippen LogP contribution in [0.2, 0.25) is 0 Å². The second-order valence-electron chi connectivity index (χ2n) is 5.95. The highest BCUT2D eigenvalue weighted by molar-refractivity contribution is 5.48. The maximum Gasteiger partial charge on any atom is 0.416 e. The van der Waals surface area contributed by atoms with Crippen molar-refractivity contribution in [1.82, 2.24) is 10.2 Å². The van der Waals surface area contributed by atoms with Gasteiger partial charge < -0.3 is 15.2 Å². The number of methoxy groups -OCH3 is 1. The minimum Gasteiger partial charge on any atom is -0.496 e. The zero-order chi connectivity index (χ0) is 19.5. The summed E-state index contributed by atoms with van der Waals surface area (Å²) in [5.41, 5.74) is -3.18. The van der Waals surface area contributed by atoms with Crippen molar-refractivity contribution in [3.63, 3.8) is 0 Å². The number of hydrogen-bond donors (Lipinski definition) is 2. The molecule has 1 aliphatic rings. The van der Waals surface area contributed by atoms with E-state index in [-0.39, 0.29) is 18.1 Å². The van der Waals surface area contributed by atoms with Crippen molar-refractivity contribution in [2.24, 2.45) is 0 Å². The summed E-state index contributed by atoms with van der Waals surface area (Å²) in [6.45, 7) is 1.48. The molecule has 0 bridgehead atoms. The molecule has 0 aromatic heterocycles. The van der Waals surface area contributed by atoms with E-state index in [1.807, 2.05) is 0 Å². The molecule has 1 fully saturated rings. The summed E-state index contributed by atoms with van der Waals surface area (Å²) >= 11 is 0. The SMILES string of the molecule is COc1cc(C(F)(F)F)cc(C(F)(F)F)c1[C@@H](CCO)N1CCNCC1. The molecule has 1 aromatic carbocycles. The molecule has 1 heterocycles. The number of halogens is 6. The molecule has 0 unspecified atom stereocenters. The van der Waals surface area contributed by atoms with Gasteiger partial charge in [0.1, 0.15) is 5.75 Å². The van der Waals surface area contributed by atoms with Gasteiger partial charge in [-0.2, -0.15) is 26.3 Å². The maximum absolute atomic E-state index is 13.6. The van der Waals surface area contributed by atoms with Crippen LogP contribution in [0, 0.1) is 0 Å². The first kappa shape index (κ1) is 20.8. The van der Waals surface area contributed by atoms with Gasteiger partial charge in [0.25, 0.3) is 0 Å². The van der Waals surface area contributed by atoms with E-state index in [1.54, 1.807) is 4.90 Å². The molecule has 1 atom stereocenters. The highest BCUT2D eigenvalue weighted by Gasteiger charge is 2.42. The topological polar surface area (TPSA) is 44.7 Å². The van der Waals surface area contributed by atoms with Crippen LogP contribution < -0.4 is 10.1 Å². The standard InChI is InChI=1S/C16H20F6N2O2/c1-26-13-9-10(15(17,18)19)8-11(16(20,21)22)14(13)12(2-7-25)24-5-3-23-4-6-24/h8-9,12,23,25H,2-7H2,1H3/t12-/m1/s1. The Morgan fingerprint density at radius 2 is 1.73 bits per heavy atom. The summed E-state index contributed by atoms with van der Waals surface area (Å²) in [6.07, 6.45) is -9.98. The van der Waals surface area contributed by atoms with E-state index in [0.717, 1.165) is 7.11 Å². The molecule has 2 rings (SSSR count). The highest BCUT2D eigenvalue weighted by Crippen LogP contribution is 2.45. The van der Waals surface area contributed by atoms with Gasteiger partial charge in [0, 0.05) is 44.4 Å². The summed E-state index contributed by atoms with van der Waals surface area (Å²) < 4.78 is 84.7.